The van der Waals surface area contributed by atoms with E-state index in [1.165, 1.54) is 16.5 Å². The Morgan fingerprint density at radius 3 is 2.32 bits per heavy atom. The molecule has 0 amide bonds. The van der Waals surface area contributed by atoms with Crippen molar-refractivity contribution in [2.45, 2.75) is 39.5 Å². The minimum Gasteiger partial charge on any atom is -0.455 e. The molecule has 0 atom stereocenters. The summed E-state index contributed by atoms with van der Waals surface area (Å²) in [5.74, 6) is 0.979. The second-order valence-electron chi connectivity index (χ2n) is 7.32. The van der Waals surface area contributed by atoms with Gasteiger partial charge in [0.1, 0.15) is 11.2 Å². The number of aromatic nitrogens is 1. The van der Waals surface area contributed by atoms with E-state index in [0.29, 0.717) is 11.8 Å². The molecule has 25 heavy (non-hydrogen) atoms. The molecule has 4 aromatic rings. The van der Waals surface area contributed by atoms with Crippen LogP contribution < -0.4 is 0 Å². The van der Waals surface area contributed by atoms with Crippen molar-refractivity contribution in [1.29, 1.82) is 0 Å². The standard InChI is InChI=1S/C23H23NO/c1-14(2)16-8-9-22-20(12-16)18-6-5-7-19(23(18)25-22)21-13-17(15(3)4)10-11-24-21/h5-15H,1-4H3. The highest BCUT2D eigenvalue weighted by Gasteiger charge is 2.14. The minimum atomic E-state index is 0.477. The van der Waals surface area contributed by atoms with Gasteiger partial charge in [-0.15, -0.1) is 0 Å². The third-order valence-electron chi connectivity index (χ3n) is 4.91. The van der Waals surface area contributed by atoms with Crippen molar-refractivity contribution in [2.24, 2.45) is 0 Å². The van der Waals surface area contributed by atoms with E-state index < -0.39 is 0 Å². The number of hydrogen-bond acceptors (Lipinski definition) is 2. The van der Waals surface area contributed by atoms with Crippen molar-refractivity contribution < 1.29 is 4.42 Å². The topological polar surface area (TPSA) is 26.0 Å². The number of hydrogen-bond donors (Lipinski definition) is 0. The van der Waals surface area contributed by atoms with Crippen LogP contribution in [0.25, 0.3) is 33.2 Å². The van der Waals surface area contributed by atoms with Crippen LogP contribution in [0.2, 0.25) is 0 Å². The van der Waals surface area contributed by atoms with E-state index >= 15 is 0 Å². The Morgan fingerprint density at radius 2 is 1.56 bits per heavy atom. The van der Waals surface area contributed by atoms with Gasteiger partial charge in [0.15, 0.2) is 0 Å². The molecule has 2 heterocycles. The van der Waals surface area contributed by atoms with Crippen LogP contribution in [-0.2, 0) is 0 Å². The van der Waals surface area contributed by atoms with Gasteiger partial charge in [-0.25, -0.2) is 0 Å². The van der Waals surface area contributed by atoms with Crippen LogP contribution in [0.5, 0.6) is 0 Å². The average Bonchev–Trinajstić information content (AvgIpc) is 2.99. The molecule has 0 radical (unpaired) electrons. The first-order valence-electron chi connectivity index (χ1n) is 8.96. The Kier molecular flexibility index (Phi) is 3.84. The second-order valence-corrected chi connectivity index (χ2v) is 7.32. The van der Waals surface area contributed by atoms with Gasteiger partial charge in [-0.3, -0.25) is 4.98 Å². The molecule has 2 nitrogen and oxygen atoms in total. The minimum absolute atomic E-state index is 0.477. The Labute approximate surface area is 148 Å². The first-order chi connectivity index (χ1) is 12.0. The summed E-state index contributed by atoms with van der Waals surface area (Å²) in [6.07, 6.45) is 1.89. The number of fused-ring (bicyclic) bond motifs is 3. The molecule has 126 valence electrons. The molecule has 2 aromatic carbocycles. The quantitative estimate of drug-likeness (QED) is 0.409. The van der Waals surface area contributed by atoms with Gasteiger partial charge in [0.05, 0.1) is 5.69 Å². The van der Waals surface area contributed by atoms with Crippen LogP contribution in [0.15, 0.2) is 59.1 Å². The summed E-state index contributed by atoms with van der Waals surface area (Å²) < 4.78 is 6.23. The first kappa shape index (κ1) is 15.9. The monoisotopic (exact) mass is 329 g/mol. The maximum Gasteiger partial charge on any atom is 0.144 e. The summed E-state index contributed by atoms with van der Waals surface area (Å²) in [5.41, 5.74) is 6.52. The smallest absolute Gasteiger partial charge is 0.144 e. The van der Waals surface area contributed by atoms with Crippen LogP contribution in [0, 0.1) is 0 Å². The van der Waals surface area contributed by atoms with Gasteiger partial charge >= 0.3 is 0 Å². The van der Waals surface area contributed by atoms with E-state index in [2.05, 4.69) is 81.2 Å². The lowest BCUT2D eigenvalue weighted by Crippen LogP contribution is -1.90. The highest BCUT2D eigenvalue weighted by atomic mass is 16.3. The highest BCUT2D eigenvalue weighted by molar-refractivity contribution is 6.09. The molecule has 0 spiro atoms. The van der Waals surface area contributed by atoms with Crippen LogP contribution in [-0.4, -0.2) is 4.98 Å². The van der Waals surface area contributed by atoms with Gasteiger partial charge in [0.25, 0.3) is 0 Å². The first-order valence-corrected chi connectivity index (χ1v) is 8.96. The van der Waals surface area contributed by atoms with Crippen LogP contribution in [0.3, 0.4) is 0 Å². The summed E-state index contributed by atoms with van der Waals surface area (Å²) in [4.78, 5) is 4.60. The molecular formula is C23H23NO. The molecule has 2 aromatic heterocycles. The van der Waals surface area contributed by atoms with Gasteiger partial charge in [0.2, 0.25) is 0 Å². The fourth-order valence-electron chi connectivity index (χ4n) is 3.33. The number of benzene rings is 2. The Balaban J connectivity index is 1.97. The number of pyridine rings is 1. The van der Waals surface area contributed by atoms with Gasteiger partial charge in [0, 0.05) is 22.5 Å². The molecular weight excluding hydrogens is 306 g/mol. The molecule has 4 rings (SSSR count). The zero-order valence-corrected chi connectivity index (χ0v) is 15.2. The fourth-order valence-corrected chi connectivity index (χ4v) is 3.33. The molecule has 0 N–H and O–H groups in total. The maximum atomic E-state index is 6.23. The fraction of sp³-hybridized carbons (Fsp3) is 0.261. The average molecular weight is 329 g/mol. The van der Waals surface area contributed by atoms with Crippen molar-refractivity contribution in [1.82, 2.24) is 4.98 Å². The van der Waals surface area contributed by atoms with E-state index in [-0.39, 0.29) is 0 Å². The van der Waals surface area contributed by atoms with E-state index in [1.54, 1.807) is 0 Å². The molecule has 0 unspecified atom stereocenters. The Hall–Kier alpha value is -2.61. The third-order valence-corrected chi connectivity index (χ3v) is 4.91. The normalized spacial score (nSPS) is 11.9. The number of nitrogens with zero attached hydrogens (tertiary/aromatic N) is 1. The lowest BCUT2D eigenvalue weighted by atomic mass is 9.99. The molecule has 0 saturated heterocycles. The lowest BCUT2D eigenvalue weighted by molar-refractivity contribution is 0.669. The van der Waals surface area contributed by atoms with E-state index in [1.807, 2.05) is 6.20 Å². The van der Waals surface area contributed by atoms with Gasteiger partial charge < -0.3 is 4.42 Å². The summed E-state index contributed by atoms with van der Waals surface area (Å²) in [6.45, 7) is 8.84. The molecule has 0 aliphatic carbocycles. The van der Waals surface area contributed by atoms with E-state index in [0.717, 1.165) is 27.8 Å². The zero-order chi connectivity index (χ0) is 17.6. The summed E-state index contributed by atoms with van der Waals surface area (Å²) >= 11 is 0. The molecule has 0 aliphatic heterocycles. The van der Waals surface area contributed by atoms with Crippen molar-refractivity contribution in [3.8, 4) is 11.3 Å². The molecule has 0 saturated carbocycles. The summed E-state index contributed by atoms with van der Waals surface area (Å²) in [6, 6.07) is 17.1. The van der Waals surface area contributed by atoms with Crippen molar-refractivity contribution in [2.75, 3.05) is 0 Å². The SMILES string of the molecule is CC(C)c1ccnc(-c2cccc3c2oc2ccc(C(C)C)cc23)c1. The Morgan fingerprint density at radius 1 is 0.800 bits per heavy atom. The zero-order valence-electron chi connectivity index (χ0n) is 15.2. The third kappa shape index (κ3) is 2.72. The van der Waals surface area contributed by atoms with Gasteiger partial charge in [-0.05, 0) is 53.3 Å². The van der Waals surface area contributed by atoms with Crippen LogP contribution in [0.4, 0.5) is 0 Å². The van der Waals surface area contributed by atoms with E-state index in [4.69, 9.17) is 4.42 Å². The van der Waals surface area contributed by atoms with Gasteiger partial charge in [-0.1, -0.05) is 45.9 Å². The molecule has 0 bridgehead atoms. The number of furan rings is 1. The van der Waals surface area contributed by atoms with Crippen molar-refractivity contribution >= 4 is 21.9 Å². The summed E-state index contributed by atoms with van der Waals surface area (Å²) in [5, 5.41) is 2.34. The predicted octanol–water partition coefficient (Wildman–Crippen LogP) is 6.89. The molecule has 0 aliphatic rings. The van der Waals surface area contributed by atoms with Gasteiger partial charge in [-0.2, -0.15) is 0 Å². The second kappa shape index (κ2) is 6.03. The van der Waals surface area contributed by atoms with Crippen LogP contribution in [0.1, 0.15) is 50.7 Å². The number of para-hydroxylation sites is 1. The van der Waals surface area contributed by atoms with Crippen molar-refractivity contribution in [3.05, 3.63) is 65.9 Å². The van der Waals surface area contributed by atoms with Crippen LogP contribution >= 0.6 is 0 Å². The molecule has 2 heteroatoms. The summed E-state index contributed by atoms with van der Waals surface area (Å²) in [7, 11) is 0. The largest absolute Gasteiger partial charge is 0.455 e. The van der Waals surface area contributed by atoms with E-state index in [9.17, 15) is 0 Å². The van der Waals surface area contributed by atoms with Crippen molar-refractivity contribution in [3.63, 3.8) is 0 Å². The maximum absolute atomic E-state index is 6.23. The highest BCUT2D eigenvalue weighted by Crippen LogP contribution is 2.36. The number of rotatable bonds is 3. The Bertz CT molecular complexity index is 1060. The molecule has 0 fully saturated rings. The predicted molar refractivity (Wildman–Crippen MR) is 105 cm³/mol. The lowest BCUT2D eigenvalue weighted by Gasteiger charge is -2.07.